The van der Waals surface area contributed by atoms with Crippen molar-refractivity contribution in [1.82, 2.24) is 4.90 Å². The van der Waals surface area contributed by atoms with E-state index in [1.807, 2.05) is 12.1 Å². The topological polar surface area (TPSA) is 46.3 Å². The molecule has 3 rings (SSSR count). The number of likely N-dealkylation sites (tertiary alicyclic amines) is 1. The summed E-state index contributed by atoms with van der Waals surface area (Å²) in [6, 6.07) is 8.66. The first-order valence-electron chi connectivity index (χ1n) is 7.66. The van der Waals surface area contributed by atoms with E-state index in [-0.39, 0.29) is 5.41 Å². The molecule has 2 aliphatic rings. The molecule has 20 heavy (non-hydrogen) atoms. The van der Waals surface area contributed by atoms with Crippen LogP contribution in [0.2, 0.25) is 0 Å². The van der Waals surface area contributed by atoms with Crippen LogP contribution in [-0.4, -0.2) is 29.9 Å². The van der Waals surface area contributed by atoms with E-state index in [9.17, 15) is 4.79 Å². The zero-order valence-corrected chi connectivity index (χ0v) is 12.4. The summed E-state index contributed by atoms with van der Waals surface area (Å²) >= 11 is 0. The highest BCUT2D eigenvalue weighted by Gasteiger charge is 2.55. The minimum atomic E-state index is -0.233. The molecule has 0 radical (unpaired) electrons. The summed E-state index contributed by atoms with van der Waals surface area (Å²) < 4.78 is 0. The summed E-state index contributed by atoms with van der Waals surface area (Å²) in [7, 11) is 0. The Balaban J connectivity index is 1.86. The van der Waals surface area contributed by atoms with Gasteiger partial charge in [-0.15, -0.1) is 0 Å². The number of aryl methyl sites for hydroxylation is 1. The molecule has 2 N–H and O–H groups in total. The molecule has 3 heteroatoms. The number of benzene rings is 1. The van der Waals surface area contributed by atoms with Crippen molar-refractivity contribution < 1.29 is 4.79 Å². The second kappa shape index (κ2) is 4.88. The molecule has 1 aromatic carbocycles. The second-order valence-electron chi connectivity index (χ2n) is 6.54. The van der Waals surface area contributed by atoms with E-state index in [0.29, 0.717) is 24.4 Å². The average Bonchev–Trinajstić information content (AvgIpc) is 3.16. The first-order chi connectivity index (χ1) is 9.58. The molecular weight excluding hydrogens is 248 g/mol. The first-order valence-corrected chi connectivity index (χ1v) is 7.66. The Hall–Kier alpha value is -1.35. The van der Waals surface area contributed by atoms with Gasteiger partial charge in [-0.05, 0) is 56.7 Å². The molecule has 3 nitrogen and oxygen atoms in total. The largest absolute Gasteiger partial charge is 0.339 e. The highest BCUT2D eigenvalue weighted by Crippen LogP contribution is 2.51. The lowest BCUT2D eigenvalue weighted by Crippen LogP contribution is -2.41. The highest BCUT2D eigenvalue weighted by atomic mass is 16.2. The Kier molecular flexibility index (Phi) is 3.33. The monoisotopic (exact) mass is 272 g/mol. The smallest absolute Gasteiger partial charge is 0.233 e. The molecule has 1 heterocycles. The number of carbonyl (C=O) groups is 1. The zero-order chi connectivity index (χ0) is 14.3. The molecule has 108 valence electrons. The van der Waals surface area contributed by atoms with Crippen LogP contribution in [0.15, 0.2) is 24.3 Å². The van der Waals surface area contributed by atoms with Crippen molar-refractivity contribution in [1.29, 1.82) is 0 Å². The molecule has 1 saturated carbocycles. The lowest BCUT2D eigenvalue weighted by atomic mass is 9.90. The Bertz CT molecular complexity index is 521. The van der Waals surface area contributed by atoms with Gasteiger partial charge in [-0.3, -0.25) is 4.79 Å². The quantitative estimate of drug-likeness (QED) is 0.917. The van der Waals surface area contributed by atoms with Gasteiger partial charge < -0.3 is 10.6 Å². The third kappa shape index (κ3) is 2.05. The lowest BCUT2D eigenvalue weighted by molar-refractivity contribution is -0.134. The fourth-order valence-corrected chi connectivity index (χ4v) is 3.70. The molecule has 0 spiro atoms. The third-order valence-corrected chi connectivity index (χ3v) is 5.08. The number of nitrogens with two attached hydrogens (primary N) is 1. The molecule has 1 saturated heterocycles. The predicted octanol–water partition coefficient (Wildman–Crippen LogP) is 2.22. The minimum absolute atomic E-state index is 0.233. The second-order valence-corrected chi connectivity index (χ2v) is 6.54. The normalized spacial score (nSPS) is 27.6. The van der Waals surface area contributed by atoms with Crippen LogP contribution in [0, 0.1) is 12.8 Å². The Morgan fingerprint density at radius 1 is 1.40 bits per heavy atom. The van der Waals surface area contributed by atoms with Crippen molar-refractivity contribution in [2.75, 3.05) is 13.1 Å². The first kappa shape index (κ1) is 13.6. The van der Waals surface area contributed by atoms with E-state index in [1.165, 1.54) is 11.1 Å². The summed E-state index contributed by atoms with van der Waals surface area (Å²) in [6.07, 6.45) is 3.03. The van der Waals surface area contributed by atoms with Crippen LogP contribution < -0.4 is 5.73 Å². The van der Waals surface area contributed by atoms with Crippen LogP contribution in [0.1, 0.15) is 37.3 Å². The average molecular weight is 272 g/mol. The fourth-order valence-electron chi connectivity index (χ4n) is 3.70. The molecule has 0 aromatic heterocycles. The number of nitrogens with zero attached hydrogens (tertiary/aromatic N) is 1. The Morgan fingerprint density at radius 2 is 2.10 bits per heavy atom. The summed E-state index contributed by atoms with van der Waals surface area (Å²) in [4.78, 5) is 15.1. The Labute approximate surface area is 121 Å². The molecule has 1 amide bonds. The number of carbonyl (C=O) groups excluding carboxylic acids is 1. The SMILES string of the molecule is Cc1ccccc1C1(C(=O)N2CC(CN)CC2C)CC1. The van der Waals surface area contributed by atoms with Crippen LogP contribution in [0.25, 0.3) is 0 Å². The van der Waals surface area contributed by atoms with E-state index >= 15 is 0 Å². The molecule has 0 bridgehead atoms. The Morgan fingerprint density at radius 3 is 2.65 bits per heavy atom. The van der Waals surface area contributed by atoms with E-state index < -0.39 is 0 Å². The maximum atomic E-state index is 13.0. The minimum Gasteiger partial charge on any atom is -0.339 e. The standard InChI is InChI=1S/C17H24N2O/c1-12-5-3-4-6-15(12)17(7-8-17)16(20)19-11-14(10-18)9-13(19)2/h3-6,13-14H,7-11,18H2,1-2H3. The van der Waals surface area contributed by atoms with Gasteiger partial charge in [0.1, 0.15) is 0 Å². The number of hydrogen-bond acceptors (Lipinski definition) is 2. The van der Waals surface area contributed by atoms with Gasteiger partial charge in [-0.25, -0.2) is 0 Å². The van der Waals surface area contributed by atoms with Gasteiger partial charge in [0, 0.05) is 12.6 Å². The maximum Gasteiger partial charge on any atom is 0.233 e. The van der Waals surface area contributed by atoms with E-state index in [4.69, 9.17) is 5.73 Å². The molecule has 1 aromatic rings. The van der Waals surface area contributed by atoms with Crippen LogP contribution in [-0.2, 0) is 10.2 Å². The van der Waals surface area contributed by atoms with Gasteiger partial charge in [0.2, 0.25) is 5.91 Å². The van der Waals surface area contributed by atoms with Crippen LogP contribution in [0.4, 0.5) is 0 Å². The van der Waals surface area contributed by atoms with Crippen LogP contribution in [0.3, 0.4) is 0 Å². The van der Waals surface area contributed by atoms with Crippen LogP contribution in [0.5, 0.6) is 0 Å². The van der Waals surface area contributed by atoms with Crippen molar-refractivity contribution in [2.45, 2.75) is 44.6 Å². The molecular formula is C17H24N2O. The molecule has 1 aliphatic heterocycles. The maximum absolute atomic E-state index is 13.0. The summed E-state index contributed by atoms with van der Waals surface area (Å²) in [5, 5.41) is 0. The number of rotatable bonds is 3. The van der Waals surface area contributed by atoms with Crippen molar-refractivity contribution in [3.63, 3.8) is 0 Å². The number of amides is 1. The van der Waals surface area contributed by atoms with Gasteiger partial charge in [-0.2, -0.15) is 0 Å². The third-order valence-electron chi connectivity index (χ3n) is 5.08. The van der Waals surface area contributed by atoms with E-state index in [2.05, 4.69) is 30.9 Å². The van der Waals surface area contributed by atoms with Gasteiger partial charge in [-0.1, -0.05) is 24.3 Å². The number of hydrogen-bond donors (Lipinski definition) is 1. The lowest BCUT2D eigenvalue weighted by Gasteiger charge is -2.28. The summed E-state index contributed by atoms with van der Waals surface area (Å²) in [5.74, 6) is 0.803. The van der Waals surface area contributed by atoms with E-state index in [0.717, 1.165) is 25.8 Å². The van der Waals surface area contributed by atoms with Crippen molar-refractivity contribution in [3.8, 4) is 0 Å². The molecule has 1 aliphatic carbocycles. The molecule has 2 unspecified atom stereocenters. The van der Waals surface area contributed by atoms with Gasteiger partial charge in [0.05, 0.1) is 5.41 Å². The molecule has 2 fully saturated rings. The van der Waals surface area contributed by atoms with Crippen molar-refractivity contribution >= 4 is 5.91 Å². The van der Waals surface area contributed by atoms with E-state index in [1.54, 1.807) is 0 Å². The van der Waals surface area contributed by atoms with Gasteiger partial charge in [0.15, 0.2) is 0 Å². The van der Waals surface area contributed by atoms with Gasteiger partial charge in [0.25, 0.3) is 0 Å². The summed E-state index contributed by atoms with van der Waals surface area (Å²) in [6.45, 7) is 5.79. The summed E-state index contributed by atoms with van der Waals surface area (Å²) in [5.41, 5.74) is 8.01. The van der Waals surface area contributed by atoms with Gasteiger partial charge >= 0.3 is 0 Å². The van der Waals surface area contributed by atoms with Crippen molar-refractivity contribution in [3.05, 3.63) is 35.4 Å². The predicted molar refractivity (Wildman–Crippen MR) is 80.4 cm³/mol. The van der Waals surface area contributed by atoms with Crippen molar-refractivity contribution in [2.24, 2.45) is 11.7 Å². The van der Waals surface area contributed by atoms with Crippen LogP contribution >= 0.6 is 0 Å². The molecule has 2 atom stereocenters. The zero-order valence-electron chi connectivity index (χ0n) is 12.4. The fraction of sp³-hybridized carbons (Fsp3) is 0.588. The highest BCUT2D eigenvalue weighted by molar-refractivity contribution is 5.92.